The largest absolute Gasteiger partial charge is 0.490 e. The SMILES string of the molecule is NC1CCC(Oc2cc(F)cc(F)c2)C1. The van der Waals surface area contributed by atoms with Crippen LogP contribution in [0.3, 0.4) is 0 Å². The van der Waals surface area contributed by atoms with Crippen molar-refractivity contribution in [3.63, 3.8) is 0 Å². The molecular weight excluding hydrogens is 200 g/mol. The summed E-state index contributed by atoms with van der Waals surface area (Å²) in [6.07, 6.45) is 2.49. The van der Waals surface area contributed by atoms with Crippen LogP contribution in [-0.4, -0.2) is 12.1 Å². The van der Waals surface area contributed by atoms with E-state index in [0.717, 1.165) is 25.3 Å². The predicted octanol–water partition coefficient (Wildman–Crippen LogP) is 2.22. The summed E-state index contributed by atoms with van der Waals surface area (Å²) in [6, 6.07) is 3.35. The first kappa shape index (κ1) is 10.4. The van der Waals surface area contributed by atoms with E-state index in [-0.39, 0.29) is 17.9 Å². The Bertz CT molecular complexity index is 336. The molecule has 1 aromatic carbocycles. The van der Waals surface area contributed by atoms with Gasteiger partial charge in [-0.1, -0.05) is 0 Å². The standard InChI is InChI=1S/C11H13F2NO/c12-7-3-8(13)5-11(4-7)15-10-2-1-9(14)6-10/h3-5,9-10H,1-2,6,14H2. The number of nitrogens with two attached hydrogens (primary N) is 1. The summed E-state index contributed by atoms with van der Waals surface area (Å²) in [4.78, 5) is 0. The maximum absolute atomic E-state index is 12.8. The van der Waals surface area contributed by atoms with Crippen LogP contribution >= 0.6 is 0 Å². The van der Waals surface area contributed by atoms with Gasteiger partial charge in [0, 0.05) is 24.2 Å². The second-order valence-corrected chi connectivity index (χ2v) is 3.92. The average molecular weight is 213 g/mol. The second kappa shape index (κ2) is 4.14. The lowest BCUT2D eigenvalue weighted by molar-refractivity contribution is 0.206. The lowest BCUT2D eigenvalue weighted by atomic mass is 10.2. The van der Waals surface area contributed by atoms with Crippen LogP contribution in [0.2, 0.25) is 0 Å². The van der Waals surface area contributed by atoms with Crippen molar-refractivity contribution in [2.24, 2.45) is 5.73 Å². The molecule has 2 unspecified atom stereocenters. The van der Waals surface area contributed by atoms with Gasteiger partial charge in [0.05, 0.1) is 0 Å². The van der Waals surface area contributed by atoms with E-state index in [9.17, 15) is 8.78 Å². The third-order valence-electron chi connectivity index (χ3n) is 2.56. The Morgan fingerprint density at radius 3 is 2.33 bits per heavy atom. The first-order valence-corrected chi connectivity index (χ1v) is 5.02. The Labute approximate surface area is 87.0 Å². The minimum absolute atomic E-state index is 0.0128. The highest BCUT2D eigenvalue weighted by atomic mass is 19.1. The molecule has 0 heterocycles. The minimum Gasteiger partial charge on any atom is -0.490 e. The van der Waals surface area contributed by atoms with Gasteiger partial charge in [0.15, 0.2) is 0 Å². The van der Waals surface area contributed by atoms with Crippen LogP contribution in [0, 0.1) is 11.6 Å². The van der Waals surface area contributed by atoms with Crippen LogP contribution in [0.15, 0.2) is 18.2 Å². The summed E-state index contributed by atoms with van der Waals surface area (Å²) in [6.45, 7) is 0. The van der Waals surface area contributed by atoms with Crippen molar-refractivity contribution in [2.75, 3.05) is 0 Å². The number of rotatable bonds is 2. The molecule has 0 spiro atoms. The van der Waals surface area contributed by atoms with Crippen molar-refractivity contribution in [1.29, 1.82) is 0 Å². The van der Waals surface area contributed by atoms with Crippen molar-refractivity contribution in [3.8, 4) is 5.75 Å². The zero-order valence-corrected chi connectivity index (χ0v) is 8.25. The molecule has 0 aliphatic heterocycles. The predicted molar refractivity (Wildman–Crippen MR) is 52.6 cm³/mol. The fourth-order valence-corrected chi connectivity index (χ4v) is 1.87. The van der Waals surface area contributed by atoms with Gasteiger partial charge in [0.25, 0.3) is 0 Å². The summed E-state index contributed by atoms with van der Waals surface area (Å²) in [7, 11) is 0. The Kier molecular flexibility index (Phi) is 2.86. The van der Waals surface area contributed by atoms with E-state index in [1.54, 1.807) is 0 Å². The van der Waals surface area contributed by atoms with Gasteiger partial charge < -0.3 is 10.5 Å². The normalized spacial score (nSPS) is 25.5. The van der Waals surface area contributed by atoms with Gasteiger partial charge in [-0.15, -0.1) is 0 Å². The fourth-order valence-electron chi connectivity index (χ4n) is 1.87. The first-order chi connectivity index (χ1) is 7.13. The molecule has 1 fully saturated rings. The molecule has 15 heavy (non-hydrogen) atoms. The molecule has 2 N–H and O–H groups in total. The molecular formula is C11H13F2NO. The van der Waals surface area contributed by atoms with Crippen molar-refractivity contribution in [1.82, 2.24) is 0 Å². The van der Waals surface area contributed by atoms with Crippen molar-refractivity contribution >= 4 is 0 Å². The third-order valence-corrected chi connectivity index (χ3v) is 2.56. The molecule has 0 aromatic heterocycles. The number of ether oxygens (including phenoxy) is 1. The molecule has 1 saturated carbocycles. The van der Waals surface area contributed by atoms with E-state index in [4.69, 9.17) is 10.5 Å². The number of hydrogen-bond donors (Lipinski definition) is 1. The maximum Gasteiger partial charge on any atom is 0.129 e. The molecule has 2 rings (SSSR count). The second-order valence-electron chi connectivity index (χ2n) is 3.92. The van der Waals surface area contributed by atoms with Gasteiger partial charge in [-0.2, -0.15) is 0 Å². The summed E-state index contributed by atoms with van der Waals surface area (Å²) >= 11 is 0. The van der Waals surface area contributed by atoms with Crippen LogP contribution < -0.4 is 10.5 Å². The number of halogens is 2. The third kappa shape index (κ3) is 2.65. The molecule has 1 aromatic rings. The van der Waals surface area contributed by atoms with E-state index in [1.165, 1.54) is 12.1 Å². The molecule has 82 valence electrons. The van der Waals surface area contributed by atoms with Gasteiger partial charge in [-0.25, -0.2) is 8.78 Å². The van der Waals surface area contributed by atoms with E-state index >= 15 is 0 Å². The van der Waals surface area contributed by atoms with Crippen LogP contribution in [0.1, 0.15) is 19.3 Å². The maximum atomic E-state index is 12.8. The lowest BCUT2D eigenvalue weighted by Gasteiger charge is -2.13. The van der Waals surface area contributed by atoms with Crippen molar-refractivity contribution in [2.45, 2.75) is 31.4 Å². The summed E-state index contributed by atoms with van der Waals surface area (Å²) in [5, 5.41) is 0. The average Bonchev–Trinajstić information content (AvgIpc) is 2.49. The highest BCUT2D eigenvalue weighted by Crippen LogP contribution is 2.24. The summed E-state index contributed by atoms with van der Waals surface area (Å²) in [5.41, 5.74) is 5.71. The molecule has 0 bridgehead atoms. The van der Waals surface area contributed by atoms with Gasteiger partial charge in [-0.3, -0.25) is 0 Å². The van der Waals surface area contributed by atoms with Crippen LogP contribution in [0.5, 0.6) is 5.75 Å². The first-order valence-electron chi connectivity index (χ1n) is 5.02. The van der Waals surface area contributed by atoms with Gasteiger partial charge in [-0.05, 0) is 19.3 Å². The zero-order valence-electron chi connectivity index (χ0n) is 8.25. The quantitative estimate of drug-likeness (QED) is 0.817. The highest BCUT2D eigenvalue weighted by Gasteiger charge is 2.23. The molecule has 2 atom stereocenters. The highest BCUT2D eigenvalue weighted by molar-refractivity contribution is 5.24. The smallest absolute Gasteiger partial charge is 0.129 e. The minimum atomic E-state index is -0.618. The molecule has 2 nitrogen and oxygen atoms in total. The van der Waals surface area contributed by atoms with Gasteiger partial charge in [0.1, 0.15) is 23.5 Å². The van der Waals surface area contributed by atoms with Crippen LogP contribution in [-0.2, 0) is 0 Å². The number of hydrogen-bond acceptors (Lipinski definition) is 2. The van der Waals surface area contributed by atoms with Crippen LogP contribution in [0.25, 0.3) is 0 Å². The topological polar surface area (TPSA) is 35.2 Å². The molecule has 4 heteroatoms. The Balaban J connectivity index is 2.04. The van der Waals surface area contributed by atoms with E-state index in [0.29, 0.717) is 0 Å². The Morgan fingerprint density at radius 1 is 1.13 bits per heavy atom. The van der Waals surface area contributed by atoms with Gasteiger partial charge >= 0.3 is 0 Å². The summed E-state index contributed by atoms with van der Waals surface area (Å²) in [5.74, 6) is -0.994. The van der Waals surface area contributed by atoms with Crippen LogP contribution in [0.4, 0.5) is 8.78 Å². The van der Waals surface area contributed by atoms with E-state index in [1.807, 2.05) is 0 Å². The molecule has 1 aliphatic rings. The lowest BCUT2D eigenvalue weighted by Crippen LogP contribution is -2.19. The molecule has 1 aliphatic carbocycles. The number of benzene rings is 1. The van der Waals surface area contributed by atoms with E-state index < -0.39 is 11.6 Å². The fraction of sp³-hybridized carbons (Fsp3) is 0.455. The molecule has 0 amide bonds. The molecule has 0 radical (unpaired) electrons. The van der Waals surface area contributed by atoms with Crippen molar-refractivity contribution in [3.05, 3.63) is 29.8 Å². The monoisotopic (exact) mass is 213 g/mol. The zero-order chi connectivity index (χ0) is 10.8. The Morgan fingerprint density at radius 2 is 1.80 bits per heavy atom. The Hall–Kier alpha value is -1.16. The summed E-state index contributed by atoms with van der Waals surface area (Å²) < 4.78 is 31.1. The van der Waals surface area contributed by atoms with Gasteiger partial charge in [0.2, 0.25) is 0 Å². The van der Waals surface area contributed by atoms with E-state index in [2.05, 4.69) is 0 Å². The molecule has 0 saturated heterocycles. The van der Waals surface area contributed by atoms with Crippen molar-refractivity contribution < 1.29 is 13.5 Å².